The van der Waals surface area contributed by atoms with Crippen molar-refractivity contribution in [2.24, 2.45) is 5.92 Å². The number of carbonyl (C=O) groups excluding carboxylic acids is 2. The summed E-state index contributed by atoms with van der Waals surface area (Å²) in [6, 6.07) is 7.82. The van der Waals surface area contributed by atoms with Gasteiger partial charge in [-0.15, -0.1) is 0 Å². The highest BCUT2D eigenvalue weighted by Crippen LogP contribution is 2.24. The highest BCUT2D eigenvalue weighted by Gasteiger charge is 2.44. The van der Waals surface area contributed by atoms with Crippen LogP contribution in [0.15, 0.2) is 30.5 Å². The van der Waals surface area contributed by atoms with Gasteiger partial charge in [0.2, 0.25) is 5.91 Å². The van der Waals surface area contributed by atoms with E-state index in [1.165, 1.54) is 0 Å². The molecule has 2 amide bonds. The van der Waals surface area contributed by atoms with Crippen molar-refractivity contribution in [1.29, 1.82) is 0 Å². The first-order valence-corrected chi connectivity index (χ1v) is 8.55. The molecule has 1 aromatic carbocycles. The average molecular weight is 367 g/mol. The second kappa shape index (κ2) is 7.39. The minimum Gasteiger partial charge on any atom is -0.361 e. The molecular weight excluding hydrogens is 347 g/mol. The zero-order chi connectivity index (χ0) is 18.7. The second-order valence-electron chi connectivity index (χ2n) is 6.49. The number of hydrogen-bond donors (Lipinski definition) is 2. The molecule has 1 atom stereocenters. The quantitative estimate of drug-likeness (QED) is 0.873. The van der Waals surface area contributed by atoms with Gasteiger partial charge in [-0.05, 0) is 30.9 Å². The van der Waals surface area contributed by atoms with Gasteiger partial charge in [0, 0.05) is 36.7 Å². The number of rotatable bonds is 4. The number of fused-ring (bicyclic) bond motifs is 1. The number of aromatic amines is 1. The average Bonchev–Trinajstić information content (AvgIpc) is 3.03. The molecule has 1 fully saturated rings. The lowest BCUT2D eigenvalue weighted by atomic mass is 9.97. The molecule has 8 heteroatoms. The zero-order valence-corrected chi connectivity index (χ0v) is 14.1. The molecule has 0 spiro atoms. The van der Waals surface area contributed by atoms with Crippen molar-refractivity contribution >= 4 is 22.7 Å². The van der Waals surface area contributed by atoms with Crippen LogP contribution in [0.3, 0.4) is 0 Å². The molecule has 1 aromatic heterocycles. The SMILES string of the molecule is O=C(NCCc1c[nH]c2ccccc12)C1CCCN(C(=O)C(F)(F)F)C1. The van der Waals surface area contributed by atoms with Gasteiger partial charge in [-0.25, -0.2) is 0 Å². The fraction of sp³-hybridized carbons (Fsp3) is 0.444. The number of amides is 2. The van der Waals surface area contributed by atoms with Gasteiger partial charge in [0.25, 0.3) is 0 Å². The predicted molar refractivity (Wildman–Crippen MR) is 90.4 cm³/mol. The van der Waals surface area contributed by atoms with Crippen molar-refractivity contribution < 1.29 is 22.8 Å². The third-order valence-corrected chi connectivity index (χ3v) is 4.69. The minimum absolute atomic E-state index is 0.0391. The van der Waals surface area contributed by atoms with E-state index >= 15 is 0 Å². The molecule has 3 rings (SSSR count). The van der Waals surface area contributed by atoms with Crippen molar-refractivity contribution in [3.05, 3.63) is 36.0 Å². The van der Waals surface area contributed by atoms with Crippen LogP contribution in [-0.4, -0.2) is 47.5 Å². The summed E-state index contributed by atoms with van der Waals surface area (Å²) in [4.78, 5) is 27.5. The third kappa shape index (κ3) is 4.00. The Morgan fingerprint density at radius 3 is 2.81 bits per heavy atom. The summed E-state index contributed by atoms with van der Waals surface area (Å²) in [6.07, 6.45) is -1.51. The van der Waals surface area contributed by atoms with Crippen molar-refractivity contribution in [3.8, 4) is 0 Å². The normalized spacial score (nSPS) is 18.1. The molecule has 0 saturated carbocycles. The van der Waals surface area contributed by atoms with Crippen molar-refractivity contribution in [2.45, 2.75) is 25.4 Å². The Morgan fingerprint density at radius 2 is 2.04 bits per heavy atom. The van der Waals surface area contributed by atoms with E-state index in [0.29, 0.717) is 25.8 Å². The molecule has 2 N–H and O–H groups in total. The summed E-state index contributed by atoms with van der Waals surface area (Å²) in [7, 11) is 0. The van der Waals surface area contributed by atoms with Crippen LogP contribution in [0.5, 0.6) is 0 Å². The number of carbonyl (C=O) groups is 2. The van der Waals surface area contributed by atoms with Crippen LogP contribution in [0.4, 0.5) is 13.2 Å². The lowest BCUT2D eigenvalue weighted by Crippen LogP contribution is -2.49. The maximum atomic E-state index is 12.6. The van der Waals surface area contributed by atoms with Crippen LogP contribution in [0.2, 0.25) is 0 Å². The smallest absolute Gasteiger partial charge is 0.361 e. The van der Waals surface area contributed by atoms with Crippen LogP contribution in [0, 0.1) is 5.92 Å². The number of nitrogens with zero attached hydrogens (tertiary/aromatic N) is 1. The van der Waals surface area contributed by atoms with Crippen molar-refractivity contribution in [3.63, 3.8) is 0 Å². The molecule has 140 valence electrons. The number of aromatic nitrogens is 1. The number of hydrogen-bond acceptors (Lipinski definition) is 2. The van der Waals surface area contributed by atoms with Crippen LogP contribution in [-0.2, 0) is 16.0 Å². The van der Waals surface area contributed by atoms with E-state index in [0.717, 1.165) is 21.4 Å². The fourth-order valence-electron chi connectivity index (χ4n) is 3.36. The molecule has 1 unspecified atom stereocenters. The summed E-state index contributed by atoms with van der Waals surface area (Å²) in [5.41, 5.74) is 2.08. The topological polar surface area (TPSA) is 65.2 Å². The third-order valence-electron chi connectivity index (χ3n) is 4.69. The highest BCUT2D eigenvalue weighted by molar-refractivity contribution is 5.84. The Kier molecular flexibility index (Phi) is 5.20. The number of nitrogens with one attached hydrogen (secondary N) is 2. The van der Waals surface area contributed by atoms with E-state index in [1.807, 2.05) is 30.5 Å². The van der Waals surface area contributed by atoms with Gasteiger partial charge in [-0.3, -0.25) is 9.59 Å². The Hall–Kier alpha value is -2.51. The number of halogens is 3. The monoisotopic (exact) mass is 367 g/mol. The molecule has 5 nitrogen and oxygen atoms in total. The van der Waals surface area contributed by atoms with Gasteiger partial charge in [-0.2, -0.15) is 13.2 Å². The van der Waals surface area contributed by atoms with E-state index < -0.39 is 18.0 Å². The Labute approximate surface area is 148 Å². The van der Waals surface area contributed by atoms with E-state index in [1.54, 1.807) is 0 Å². The first-order valence-electron chi connectivity index (χ1n) is 8.55. The number of benzene rings is 1. The van der Waals surface area contributed by atoms with Gasteiger partial charge in [-0.1, -0.05) is 18.2 Å². The van der Waals surface area contributed by atoms with Crippen LogP contribution < -0.4 is 5.32 Å². The van der Waals surface area contributed by atoms with Gasteiger partial charge in [0.05, 0.1) is 5.92 Å². The first kappa shape index (κ1) is 18.3. The largest absolute Gasteiger partial charge is 0.471 e. The molecule has 1 aliphatic heterocycles. The van der Waals surface area contributed by atoms with E-state index in [4.69, 9.17) is 0 Å². The summed E-state index contributed by atoms with van der Waals surface area (Å²) < 4.78 is 37.7. The van der Waals surface area contributed by atoms with Crippen molar-refractivity contribution in [2.75, 3.05) is 19.6 Å². The van der Waals surface area contributed by atoms with Crippen LogP contribution >= 0.6 is 0 Å². The molecular formula is C18H20F3N3O2. The lowest BCUT2D eigenvalue weighted by molar-refractivity contribution is -0.187. The molecule has 26 heavy (non-hydrogen) atoms. The summed E-state index contributed by atoms with van der Waals surface area (Å²) >= 11 is 0. The number of H-pyrrole nitrogens is 1. The highest BCUT2D eigenvalue weighted by atomic mass is 19.4. The van der Waals surface area contributed by atoms with Gasteiger partial charge >= 0.3 is 12.1 Å². The number of para-hydroxylation sites is 1. The maximum absolute atomic E-state index is 12.6. The summed E-state index contributed by atoms with van der Waals surface area (Å²) in [5, 5.41) is 3.87. The molecule has 2 heterocycles. The number of alkyl halides is 3. The van der Waals surface area contributed by atoms with Crippen LogP contribution in [0.25, 0.3) is 10.9 Å². The molecule has 0 bridgehead atoms. The van der Waals surface area contributed by atoms with Gasteiger partial charge in [0.1, 0.15) is 0 Å². The molecule has 0 aliphatic carbocycles. The summed E-state index contributed by atoms with van der Waals surface area (Å²) in [6.45, 7) is 0.249. The zero-order valence-electron chi connectivity index (χ0n) is 14.1. The standard InChI is InChI=1S/C18H20F3N3O2/c19-18(20,21)17(26)24-9-3-4-13(11-24)16(25)22-8-7-12-10-23-15-6-2-1-5-14(12)15/h1-2,5-6,10,13,23H,3-4,7-9,11H2,(H,22,25). The van der Waals surface area contributed by atoms with E-state index in [-0.39, 0.29) is 19.0 Å². The molecule has 1 aliphatic rings. The lowest BCUT2D eigenvalue weighted by Gasteiger charge is -2.32. The number of likely N-dealkylation sites (tertiary alicyclic amines) is 1. The first-order chi connectivity index (χ1) is 12.4. The van der Waals surface area contributed by atoms with Gasteiger partial charge in [0.15, 0.2) is 0 Å². The summed E-state index contributed by atoms with van der Waals surface area (Å²) in [5.74, 6) is -2.77. The van der Waals surface area contributed by atoms with Crippen molar-refractivity contribution in [1.82, 2.24) is 15.2 Å². The Balaban J connectivity index is 1.52. The minimum atomic E-state index is -4.90. The fourth-order valence-corrected chi connectivity index (χ4v) is 3.36. The predicted octanol–water partition coefficient (Wildman–Crippen LogP) is 2.63. The molecule has 2 aromatic rings. The van der Waals surface area contributed by atoms with E-state index in [9.17, 15) is 22.8 Å². The number of piperidine rings is 1. The van der Waals surface area contributed by atoms with Crippen LogP contribution in [0.1, 0.15) is 18.4 Å². The molecule has 0 radical (unpaired) electrons. The van der Waals surface area contributed by atoms with E-state index in [2.05, 4.69) is 10.3 Å². The van der Waals surface area contributed by atoms with Gasteiger partial charge < -0.3 is 15.2 Å². The Morgan fingerprint density at radius 1 is 1.27 bits per heavy atom. The second-order valence-corrected chi connectivity index (χ2v) is 6.49. The maximum Gasteiger partial charge on any atom is 0.471 e. The molecule has 1 saturated heterocycles. The Bertz CT molecular complexity index is 800.